The smallest absolute Gasteiger partial charge is 0.305 e. The Kier molecular flexibility index (Phi) is 40.0. The molecule has 0 heterocycles. The summed E-state index contributed by atoms with van der Waals surface area (Å²) in [6, 6.07) is 0. The van der Waals surface area contributed by atoms with Gasteiger partial charge in [-0.25, -0.2) is 0 Å². The first-order valence-corrected chi connectivity index (χ1v) is 18.0. The first kappa shape index (κ1) is 47.3. The van der Waals surface area contributed by atoms with E-state index in [0.29, 0.717) is 37.9 Å². The molecule has 0 saturated carbocycles. The fraction of sp³-hybridized carbons (Fsp3) is 0.750. The molecule has 2 unspecified atom stereocenters. The SMILES string of the molecule is C=CCCCCCCCC(=O)O.C=CCCCCCCCC(=O)OCCC(C)CCC=C(C)C.CC(C)=CCCC(C)CCO. The molecule has 0 aliphatic rings. The van der Waals surface area contributed by atoms with Crippen LogP contribution in [0.25, 0.3) is 0 Å². The number of ether oxygens (including phenoxy) is 1. The van der Waals surface area contributed by atoms with Crippen LogP contribution in [-0.4, -0.2) is 35.4 Å². The molecule has 0 bridgehead atoms. The quantitative estimate of drug-likeness (QED) is 0.0533. The summed E-state index contributed by atoms with van der Waals surface area (Å²) in [4.78, 5) is 21.7. The molecule has 5 nitrogen and oxygen atoms in total. The fourth-order valence-electron chi connectivity index (χ4n) is 4.45. The highest BCUT2D eigenvalue weighted by Gasteiger charge is 2.06. The molecule has 5 heteroatoms. The van der Waals surface area contributed by atoms with Crippen molar-refractivity contribution in [1.29, 1.82) is 0 Å². The number of carbonyl (C=O) groups is 2. The largest absolute Gasteiger partial charge is 0.481 e. The maximum Gasteiger partial charge on any atom is 0.305 e. The Morgan fingerprint density at radius 3 is 1.47 bits per heavy atom. The second-order valence-electron chi connectivity index (χ2n) is 13.0. The van der Waals surface area contributed by atoms with E-state index in [9.17, 15) is 9.59 Å². The lowest BCUT2D eigenvalue weighted by Gasteiger charge is -2.10. The number of hydrogen-bond donors (Lipinski definition) is 2. The Bertz CT molecular complexity index is 744. The minimum absolute atomic E-state index is 0.0254. The number of aliphatic carboxylic acids is 1. The Morgan fingerprint density at radius 2 is 1.04 bits per heavy atom. The number of unbranched alkanes of at least 4 members (excludes halogenated alkanes) is 10. The number of rotatable bonds is 27. The van der Waals surface area contributed by atoms with E-state index in [1.54, 1.807) is 0 Å². The van der Waals surface area contributed by atoms with Gasteiger partial charge in [0, 0.05) is 19.4 Å². The van der Waals surface area contributed by atoms with E-state index >= 15 is 0 Å². The van der Waals surface area contributed by atoms with E-state index in [1.165, 1.54) is 56.1 Å². The lowest BCUT2D eigenvalue weighted by atomic mass is 10.0. The minimum atomic E-state index is -0.680. The van der Waals surface area contributed by atoms with Crippen molar-refractivity contribution in [2.75, 3.05) is 13.2 Å². The lowest BCUT2D eigenvalue weighted by Crippen LogP contribution is -2.08. The van der Waals surface area contributed by atoms with Crippen molar-refractivity contribution >= 4 is 11.9 Å². The molecule has 2 atom stereocenters. The minimum Gasteiger partial charge on any atom is -0.481 e. The standard InChI is InChI=1S/C20H36O2.C10H18O2.C10H20O/c1-5-6-7-8-9-10-11-15-20(21)22-17-16-19(4)14-12-13-18(2)3;1-2-3-4-5-6-7-8-9-10(11)12;1-9(2)5-4-6-10(3)7-8-11/h5,13,19H,1,6-12,14-17H2,2-4H3;2H,1,3-9H2,(H,11,12);5,10-11H,4,6-8H2,1-3H3. The molecular weight excluding hydrogens is 560 g/mol. The van der Waals surface area contributed by atoms with Crippen LogP contribution in [0.2, 0.25) is 0 Å². The Hall–Kier alpha value is -2.14. The van der Waals surface area contributed by atoms with Crippen LogP contribution < -0.4 is 0 Å². The van der Waals surface area contributed by atoms with Gasteiger partial charge in [0.25, 0.3) is 0 Å². The van der Waals surface area contributed by atoms with Gasteiger partial charge < -0.3 is 14.9 Å². The van der Waals surface area contributed by atoms with E-state index in [4.69, 9.17) is 14.9 Å². The molecule has 0 rings (SSSR count). The second kappa shape index (κ2) is 38.0. The summed E-state index contributed by atoms with van der Waals surface area (Å²) in [5, 5.41) is 17.0. The normalized spacial score (nSPS) is 11.4. The molecule has 45 heavy (non-hydrogen) atoms. The molecule has 0 aromatic rings. The lowest BCUT2D eigenvalue weighted by molar-refractivity contribution is -0.144. The van der Waals surface area contributed by atoms with E-state index in [2.05, 4.69) is 66.9 Å². The first-order chi connectivity index (χ1) is 21.5. The summed E-state index contributed by atoms with van der Waals surface area (Å²) in [6.07, 6.45) is 29.3. The maximum absolute atomic E-state index is 11.6. The number of carboxylic acid groups (broad SMARTS) is 1. The number of aliphatic hydroxyl groups excluding tert-OH is 1. The molecule has 0 saturated heterocycles. The molecule has 0 aromatic heterocycles. The predicted molar refractivity (Wildman–Crippen MR) is 196 cm³/mol. The van der Waals surface area contributed by atoms with Gasteiger partial charge in [0.2, 0.25) is 0 Å². The summed E-state index contributed by atoms with van der Waals surface area (Å²) >= 11 is 0. The van der Waals surface area contributed by atoms with Gasteiger partial charge in [0.1, 0.15) is 0 Å². The Balaban J connectivity index is -0.000000647. The second-order valence-corrected chi connectivity index (χ2v) is 13.0. The molecule has 0 amide bonds. The zero-order valence-corrected chi connectivity index (χ0v) is 30.6. The molecule has 0 aliphatic carbocycles. The van der Waals surface area contributed by atoms with Crippen LogP contribution in [-0.2, 0) is 14.3 Å². The van der Waals surface area contributed by atoms with Gasteiger partial charge in [-0.05, 0) is 117 Å². The third-order valence-electron chi connectivity index (χ3n) is 7.51. The monoisotopic (exact) mass is 635 g/mol. The molecular formula is C40H74O5. The number of aliphatic hydroxyl groups is 1. The van der Waals surface area contributed by atoms with Gasteiger partial charge in [-0.15, -0.1) is 13.2 Å². The van der Waals surface area contributed by atoms with Crippen molar-refractivity contribution in [2.24, 2.45) is 11.8 Å². The Labute approximate surface area is 279 Å². The van der Waals surface area contributed by atoms with Gasteiger partial charge >= 0.3 is 11.9 Å². The van der Waals surface area contributed by atoms with Gasteiger partial charge in [-0.2, -0.15) is 0 Å². The van der Waals surface area contributed by atoms with Crippen LogP contribution in [0, 0.1) is 11.8 Å². The molecule has 0 spiro atoms. The zero-order chi connectivity index (χ0) is 34.6. The van der Waals surface area contributed by atoms with Crippen molar-refractivity contribution < 1.29 is 24.5 Å². The highest BCUT2D eigenvalue weighted by Crippen LogP contribution is 2.13. The van der Waals surface area contributed by atoms with Crippen LogP contribution in [0.3, 0.4) is 0 Å². The summed E-state index contributed by atoms with van der Waals surface area (Å²) in [5.74, 6) is 0.576. The van der Waals surface area contributed by atoms with Crippen LogP contribution in [0.15, 0.2) is 48.6 Å². The average molecular weight is 635 g/mol. The van der Waals surface area contributed by atoms with Gasteiger partial charge in [0.05, 0.1) is 6.61 Å². The Morgan fingerprint density at radius 1 is 0.622 bits per heavy atom. The van der Waals surface area contributed by atoms with Crippen molar-refractivity contribution in [1.82, 2.24) is 0 Å². The van der Waals surface area contributed by atoms with Crippen molar-refractivity contribution in [3.05, 3.63) is 48.6 Å². The number of carboxylic acids is 1. The van der Waals surface area contributed by atoms with E-state index in [0.717, 1.165) is 70.6 Å². The molecule has 264 valence electrons. The fourth-order valence-corrected chi connectivity index (χ4v) is 4.45. The number of carbonyl (C=O) groups excluding carboxylic acids is 1. The molecule has 2 N–H and O–H groups in total. The summed E-state index contributed by atoms with van der Waals surface area (Å²) in [6.45, 7) is 21.2. The highest BCUT2D eigenvalue weighted by molar-refractivity contribution is 5.69. The van der Waals surface area contributed by atoms with Gasteiger partial charge in [-0.1, -0.05) is 87.8 Å². The highest BCUT2D eigenvalue weighted by atomic mass is 16.5. The van der Waals surface area contributed by atoms with E-state index in [1.807, 2.05) is 12.2 Å². The zero-order valence-electron chi connectivity index (χ0n) is 30.6. The topological polar surface area (TPSA) is 83.8 Å². The number of esters is 1. The number of hydrogen-bond acceptors (Lipinski definition) is 4. The number of allylic oxidation sites excluding steroid dienone is 6. The summed E-state index contributed by atoms with van der Waals surface area (Å²) in [7, 11) is 0. The van der Waals surface area contributed by atoms with E-state index < -0.39 is 5.97 Å². The molecule has 0 radical (unpaired) electrons. The molecule has 0 aromatic carbocycles. The summed E-state index contributed by atoms with van der Waals surface area (Å²) in [5.41, 5.74) is 2.77. The van der Waals surface area contributed by atoms with Crippen LogP contribution >= 0.6 is 0 Å². The van der Waals surface area contributed by atoms with Crippen LogP contribution in [0.4, 0.5) is 0 Å². The maximum atomic E-state index is 11.6. The predicted octanol–water partition coefficient (Wildman–Crippen LogP) is 12.0. The third-order valence-corrected chi connectivity index (χ3v) is 7.51. The average Bonchev–Trinajstić information content (AvgIpc) is 2.96. The summed E-state index contributed by atoms with van der Waals surface area (Å²) < 4.78 is 5.32. The van der Waals surface area contributed by atoms with Gasteiger partial charge in [0.15, 0.2) is 0 Å². The van der Waals surface area contributed by atoms with Gasteiger partial charge in [-0.3, -0.25) is 9.59 Å². The van der Waals surface area contributed by atoms with Crippen molar-refractivity contribution in [3.63, 3.8) is 0 Å². The molecule has 0 fully saturated rings. The van der Waals surface area contributed by atoms with E-state index in [-0.39, 0.29) is 5.97 Å². The first-order valence-electron chi connectivity index (χ1n) is 18.0. The van der Waals surface area contributed by atoms with Crippen LogP contribution in [0.5, 0.6) is 0 Å². The third kappa shape index (κ3) is 49.0. The van der Waals surface area contributed by atoms with Crippen molar-refractivity contribution in [3.8, 4) is 0 Å². The van der Waals surface area contributed by atoms with Crippen molar-refractivity contribution in [2.45, 2.75) is 170 Å². The van der Waals surface area contributed by atoms with Crippen LogP contribution in [0.1, 0.15) is 170 Å². The molecule has 0 aliphatic heterocycles.